The van der Waals surface area contributed by atoms with Gasteiger partial charge in [-0.05, 0) is 25.0 Å². The lowest BCUT2D eigenvalue weighted by Crippen LogP contribution is -2.43. The van der Waals surface area contributed by atoms with Crippen molar-refractivity contribution in [1.29, 1.82) is 0 Å². The lowest BCUT2D eigenvalue weighted by molar-refractivity contribution is -0.120. The third-order valence-electron chi connectivity index (χ3n) is 4.26. The SMILES string of the molecule is Cn1cc(S(=O)(=O)N2CCC[C@H](C(=O)Nc3ccc(F)cc3F)C2)cn1. The van der Waals surface area contributed by atoms with Crippen LogP contribution in [0.2, 0.25) is 0 Å². The molecule has 1 aliphatic heterocycles. The number of rotatable bonds is 4. The molecule has 0 bridgehead atoms. The molecule has 2 heterocycles. The summed E-state index contributed by atoms with van der Waals surface area (Å²) in [5.41, 5.74) is -0.136. The standard InChI is InChI=1S/C16H18F2N4O3S/c1-21-10-13(8-19-21)26(24,25)22-6-2-3-11(9-22)16(23)20-15-5-4-12(17)7-14(15)18/h4-5,7-8,10-11H,2-3,6,9H2,1H3,(H,20,23)/t11-/m0/s1. The van der Waals surface area contributed by atoms with Crippen LogP contribution in [0, 0.1) is 17.6 Å². The summed E-state index contributed by atoms with van der Waals surface area (Å²) in [7, 11) is -2.13. The number of carbonyl (C=O) groups is 1. The van der Waals surface area contributed by atoms with Gasteiger partial charge in [-0.1, -0.05) is 0 Å². The zero-order valence-electron chi connectivity index (χ0n) is 14.0. The van der Waals surface area contributed by atoms with Crippen molar-refractivity contribution in [3.63, 3.8) is 0 Å². The second-order valence-corrected chi connectivity index (χ2v) is 8.10. The van der Waals surface area contributed by atoms with Crippen LogP contribution in [-0.2, 0) is 21.9 Å². The van der Waals surface area contributed by atoms with Gasteiger partial charge >= 0.3 is 0 Å². The molecule has 0 radical (unpaired) electrons. The molecule has 26 heavy (non-hydrogen) atoms. The molecule has 0 unspecified atom stereocenters. The second-order valence-electron chi connectivity index (χ2n) is 6.17. The molecule has 1 saturated heterocycles. The summed E-state index contributed by atoms with van der Waals surface area (Å²) in [6.45, 7) is 0.289. The topological polar surface area (TPSA) is 84.3 Å². The van der Waals surface area contributed by atoms with E-state index < -0.39 is 33.5 Å². The Bertz CT molecular complexity index is 929. The molecule has 3 rings (SSSR count). The van der Waals surface area contributed by atoms with Crippen LogP contribution in [0.5, 0.6) is 0 Å². The van der Waals surface area contributed by atoms with Crippen LogP contribution in [0.3, 0.4) is 0 Å². The number of halogens is 2. The fourth-order valence-corrected chi connectivity index (χ4v) is 4.39. The summed E-state index contributed by atoms with van der Waals surface area (Å²) in [5, 5.41) is 6.27. The first-order chi connectivity index (χ1) is 12.3. The van der Waals surface area contributed by atoms with Crippen LogP contribution in [0.4, 0.5) is 14.5 Å². The van der Waals surface area contributed by atoms with Gasteiger partial charge < -0.3 is 5.32 Å². The Kier molecular flexibility index (Phi) is 5.05. The van der Waals surface area contributed by atoms with Gasteiger partial charge in [-0.3, -0.25) is 9.48 Å². The van der Waals surface area contributed by atoms with E-state index >= 15 is 0 Å². The lowest BCUT2D eigenvalue weighted by Gasteiger charge is -2.30. The van der Waals surface area contributed by atoms with Crippen molar-refractivity contribution in [2.24, 2.45) is 13.0 Å². The van der Waals surface area contributed by atoms with Gasteiger partial charge in [0.1, 0.15) is 16.5 Å². The van der Waals surface area contributed by atoms with Crippen molar-refractivity contribution >= 4 is 21.6 Å². The third kappa shape index (κ3) is 3.75. The van der Waals surface area contributed by atoms with E-state index in [0.717, 1.165) is 12.1 Å². The Balaban J connectivity index is 1.72. The number of amides is 1. The fraction of sp³-hybridized carbons (Fsp3) is 0.375. The Morgan fingerprint density at radius 1 is 1.35 bits per heavy atom. The predicted octanol–water partition coefficient (Wildman–Crippen LogP) is 1.74. The maximum Gasteiger partial charge on any atom is 0.246 e. The minimum Gasteiger partial charge on any atom is -0.323 e. The molecule has 0 saturated carbocycles. The predicted molar refractivity (Wildman–Crippen MR) is 89.7 cm³/mol. The van der Waals surface area contributed by atoms with E-state index in [4.69, 9.17) is 0 Å². The van der Waals surface area contributed by atoms with Crippen molar-refractivity contribution in [2.45, 2.75) is 17.7 Å². The molecule has 0 spiro atoms. The van der Waals surface area contributed by atoms with Crippen molar-refractivity contribution in [1.82, 2.24) is 14.1 Å². The van der Waals surface area contributed by atoms with E-state index in [1.165, 1.54) is 21.4 Å². The van der Waals surface area contributed by atoms with Crippen LogP contribution in [0.15, 0.2) is 35.5 Å². The van der Waals surface area contributed by atoms with Crippen LogP contribution in [0.25, 0.3) is 0 Å². The molecular weight excluding hydrogens is 366 g/mol. The molecule has 140 valence electrons. The molecule has 1 aliphatic rings. The van der Waals surface area contributed by atoms with Gasteiger partial charge in [0.15, 0.2) is 0 Å². The molecule has 10 heteroatoms. The zero-order valence-corrected chi connectivity index (χ0v) is 14.8. The zero-order chi connectivity index (χ0) is 18.9. The van der Waals surface area contributed by atoms with Crippen molar-refractivity contribution in [3.8, 4) is 0 Å². The highest BCUT2D eigenvalue weighted by molar-refractivity contribution is 7.89. The number of nitrogens with zero attached hydrogens (tertiary/aromatic N) is 3. The lowest BCUT2D eigenvalue weighted by atomic mass is 9.98. The van der Waals surface area contributed by atoms with Crippen LogP contribution >= 0.6 is 0 Å². The van der Waals surface area contributed by atoms with Crippen molar-refractivity contribution < 1.29 is 22.0 Å². The molecule has 2 aromatic rings. The highest BCUT2D eigenvalue weighted by atomic mass is 32.2. The number of carbonyl (C=O) groups excluding carboxylic acids is 1. The average molecular weight is 384 g/mol. The second kappa shape index (κ2) is 7.12. The fourth-order valence-electron chi connectivity index (χ4n) is 2.88. The van der Waals surface area contributed by atoms with Crippen LogP contribution in [0.1, 0.15) is 12.8 Å². The van der Waals surface area contributed by atoms with E-state index in [-0.39, 0.29) is 17.1 Å². The minimum absolute atomic E-state index is 0.00806. The summed E-state index contributed by atoms with van der Waals surface area (Å²) >= 11 is 0. The molecule has 1 fully saturated rings. The number of aryl methyl sites for hydroxylation is 1. The quantitative estimate of drug-likeness (QED) is 0.870. The summed E-state index contributed by atoms with van der Waals surface area (Å²) < 4.78 is 54.6. The van der Waals surface area contributed by atoms with E-state index in [2.05, 4.69) is 10.4 Å². The number of hydrogen-bond acceptors (Lipinski definition) is 4. The van der Waals surface area contributed by atoms with Gasteiger partial charge in [-0.2, -0.15) is 9.40 Å². The average Bonchev–Trinajstić information content (AvgIpc) is 3.05. The largest absolute Gasteiger partial charge is 0.323 e. The van der Waals surface area contributed by atoms with Gasteiger partial charge in [-0.15, -0.1) is 0 Å². The van der Waals surface area contributed by atoms with Crippen molar-refractivity contribution in [3.05, 3.63) is 42.2 Å². The van der Waals surface area contributed by atoms with Crippen LogP contribution in [-0.4, -0.2) is 41.5 Å². The van der Waals surface area contributed by atoms with Gasteiger partial charge in [-0.25, -0.2) is 17.2 Å². The molecule has 1 atom stereocenters. The maximum atomic E-state index is 13.7. The number of piperidine rings is 1. The molecular formula is C16H18F2N4O3S. The number of anilines is 1. The van der Waals surface area contributed by atoms with E-state index in [1.807, 2.05) is 0 Å². The third-order valence-corrected chi connectivity index (χ3v) is 6.08. The highest BCUT2D eigenvalue weighted by Crippen LogP contribution is 2.25. The van der Waals surface area contributed by atoms with Gasteiger partial charge in [0, 0.05) is 32.4 Å². The van der Waals surface area contributed by atoms with E-state index in [1.54, 1.807) is 7.05 Å². The first-order valence-electron chi connectivity index (χ1n) is 8.02. The van der Waals surface area contributed by atoms with Gasteiger partial charge in [0.25, 0.3) is 0 Å². The molecule has 1 amide bonds. The smallest absolute Gasteiger partial charge is 0.246 e. The Morgan fingerprint density at radius 3 is 2.77 bits per heavy atom. The van der Waals surface area contributed by atoms with E-state index in [9.17, 15) is 22.0 Å². The van der Waals surface area contributed by atoms with Crippen molar-refractivity contribution in [2.75, 3.05) is 18.4 Å². The summed E-state index contributed by atoms with van der Waals surface area (Å²) in [6.07, 6.45) is 3.64. The summed E-state index contributed by atoms with van der Waals surface area (Å²) in [4.78, 5) is 12.5. The first kappa shape index (κ1) is 18.5. The highest BCUT2D eigenvalue weighted by Gasteiger charge is 2.34. The monoisotopic (exact) mass is 384 g/mol. The Morgan fingerprint density at radius 2 is 2.12 bits per heavy atom. The Hall–Kier alpha value is -2.33. The number of benzene rings is 1. The molecule has 7 nitrogen and oxygen atoms in total. The van der Waals surface area contributed by atoms with Gasteiger partial charge in [0.05, 0.1) is 17.8 Å². The normalized spacial score (nSPS) is 18.7. The molecule has 1 aromatic carbocycles. The van der Waals surface area contributed by atoms with Gasteiger partial charge in [0.2, 0.25) is 15.9 Å². The Labute approximate surface area is 149 Å². The minimum atomic E-state index is -3.75. The summed E-state index contributed by atoms with van der Waals surface area (Å²) in [5.74, 6) is -2.75. The number of hydrogen-bond donors (Lipinski definition) is 1. The number of nitrogens with one attached hydrogen (secondary N) is 1. The molecule has 0 aliphatic carbocycles. The maximum absolute atomic E-state index is 13.7. The summed E-state index contributed by atoms with van der Waals surface area (Å²) in [6, 6.07) is 2.85. The number of sulfonamides is 1. The van der Waals surface area contributed by atoms with Crippen LogP contribution < -0.4 is 5.32 Å². The molecule has 1 aromatic heterocycles. The number of aromatic nitrogens is 2. The van der Waals surface area contributed by atoms with E-state index in [0.29, 0.717) is 25.5 Å². The first-order valence-corrected chi connectivity index (χ1v) is 9.46. The molecule has 1 N–H and O–H groups in total.